The fraction of sp³-hybridized carbons (Fsp3) is 0.250. The molecule has 0 fully saturated rings. The summed E-state index contributed by atoms with van der Waals surface area (Å²) in [4.78, 5) is 0. The summed E-state index contributed by atoms with van der Waals surface area (Å²) in [5.74, 6) is 0.334. The topological polar surface area (TPSA) is 55.9 Å². The molecule has 0 spiro atoms. The molecule has 0 radical (unpaired) electrons. The van der Waals surface area contributed by atoms with Gasteiger partial charge in [-0.15, -0.1) is 0 Å². The smallest absolute Gasteiger partial charge is 0.130 e. The van der Waals surface area contributed by atoms with Gasteiger partial charge in [0.25, 0.3) is 0 Å². The van der Waals surface area contributed by atoms with Crippen molar-refractivity contribution >= 4 is 5.82 Å². The Balaban J connectivity index is 2.12. The molecule has 0 atom stereocenters. The summed E-state index contributed by atoms with van der Waals surface area (Å²) in [7, 11) is 0. The third-order valence-corrected chi connectivity index (χ3v) is 3.00. The van der Waals surface area contributed by atoms with Crippen LogP contribution in [-0.2, 0) is 13.0 Å². The predicted octanol–water partition coefficient (Wildman–Crippen LogP) is 1.24. The molecule has 0 amide bonds. The van der Waals surface area contributed by atoms with Gasteiger partial charge in [-0.3, -0.25) is 0 Å². The average molecular weight is 232 g/mol. The SMILES string of the molecule is Nc1c2c(nn1-c1cccc(F)c1)CNCC2. The molecule has 17 heavy (non-hydrogen) atoms. The van der Waals surface area contributed by atoms with E-state index in [0.717, 1.165) is 30.8 Å². The molecule has 1 aliphatic heterocycles. The zero-order valence-electron chi connectivity index (χ0n) is 9.28. The second-order valence-electron chi connectivity index (χ2n) is 4.13. The lowest BCUT2D eigenvalue weighted by Crippen LogP contribution is -2.23. The Hall–Kier alpha value is -1.88. The quantitative estimate of drug-likeness (QED) is 0.777. The van der Waals surface area contributed by atoms with E-state index in [1.807, 2.05) is 0 Å². The molecule has 1 aromatic carbocycles. The first-order valence-electron chi connectivity index (χ1n) is 5.58. The molecular formula is C12H13FN4. The molecule has 0 saturated heterocycles. The molecule has 1 aliphatic rings. The van der Waals surface area contributed by atoms with Crippen molar-refractivity contribution in [2.24, 2.45) is 0 Å². The predicted molar refractivity (Wildman–Crippen MR) is 63.3 cm³/mol. The van der Waals surface area contributed by atoms with Crippen LogP contribution < -0.4 is 11.1 Å². The Morgan fingerprint density at radius 2 is 2.29 bits per heavy atom. The van der Waals surface area contributed by atoms with E-state index in [9.17, 15) is 4.39 Å². The van der Waals surface area contributed by atoms with Crippen LogP contribution in [0.4, 0.5) is 10.2 Å². The highest BCUT2D eigenvalue weighted by molar-refractivity contribution is 5.50. The van der Waals surface area contributed by atoms with Crippen molar-refractivity contribution in [2.45, 2.75) is 13.0 Å². The average Bonchev–Trinajstić information content (AvgIpc) is 2.68. The summed E-state index contributed by atoms with van der Waals surface area (Å²) in [6.45, 7) is 1.63. The molecule has 4 nitrogen and oxygen atoms in total. The van der Waals surface area contributed by atoms with E-state index in [4.69, 9.17) is 5.73 Å². The molecule has 0 unspecified atom stereocenters. The van der Waals surface area contributed by atoms with Crippen molar-refractivity contribution in [1.82, 2.24) is 15.1 Å². The van der Waals surface area contributed by atoms with Gasteiger partial charge in [0.1, 0.15) is 11.6 Å². The molecule has 0 bridgehead atoms. The van der Waals surface area contributed by atoms with Gasteiger partial charge in [-0.2, -0.15) is 5.10 Å². The van der Waals surface area contributed by atoms with Crippen molar-refractivity contribution in [3.8, 4) is 5.69 Å². The van der Waals surface area contributed by atoms with Crippen LogP contribution >= 0.6 is 0 Å². The maximum Gasteiger partial charge on any atom is 0.130 e. The number of benzene rings is 1. The van der Waals surface area contributed by atoms with Gasteiger partial charge in [0.2, 0.25) is 0 Å². The van der Waals surface area contributed by atoms with E-state index in [2.05, 4.69) is 10.4 Å². The first kappa shape index (κ1) is 10.3. The third-order valence-electron chi connectivity index (χ3n) is 3.00. The van der Waals surface area contributed by atoms with Gasteiger partial charge >= 0.3 is 0 Å². The Kier molecular flexibility index (Phi) is 2.33. The Morgan fingerprint density at radius 3 is 3.06 bits per heavy atom. The number of nitrogens with zero attached hydrogens (tertiary/aromatic N) is 2. The number of nitrogens with two attached hydrogens (primary N) is 1. The van der Waals surface area contributed by atoms with Crippen LogP contribution in [-0.4, -0.2) is 16.3 Å². The summed E-state index contributed by atoms with van der Waals surface area (Å²) in [5, 5.41) is 7.66. The third kappa shape index (κ3) is 1.68. The van der Waals surface area contributed by atoms with E-state index in [1.165, 1.54) is 12.1 Å². The van der Waals surface area contributed by atoms with Crippen LogP contribution in [0.3, 0.4) is 0 Å². The van der Waals surface area contributed by atoms with Gasteiger partial charge in [0.15, 0.2) is 0 Å². The fourth-order valence-electron chi connectivity index (χ4n) is 2.15. The van der Waals surface area contributed by atoms with Gasteiger partial charge < -0.3 is 11.1 Å². The summed E-state index contributed by atoms with van der Waals surface area (Å²) in [6, 6.07) is 6.29. The van der Waals surface area contributed by atoms with Crippen LogP contribution in [0, 0.1) is 5.82 Å². The summed E-state index contributed by atoms with van der Waals surface area (Å²) in [6.07, 6.45) is 0.872. The molecule has 3 N–H and O–H groups in total. The number of aromatic nitrogens is 2. The zero-order valence-corrected chi connectivity index (χ0v) is 9.28. The van der Waals surface area contributed by atoms with Crippen LogP contribution in [0.15, 0.2) is 24.3 Å². The van der Waals surface area contributed by atoms with Gasteiger partial charge in [-0.25, -0.2) is 9.07 Å². The number of fused-ring (bicyclic) bond motifs is 1. The van der Waals surface area contributed by atoms with E-state index < -0.39 is 0 Å². The van der Waals surface area contributed by atoms with E-state index in [-0.39, 0.29) is 5.82 Å². The van der Waals surface area contributed by atoms with E-state index in [1.54, 1.807) is 16.8 Å². The number of nitrogens with one attached hydrogen (secondary N) is 1. The van der Waals surface area contributed by atoms with E-state index >= 15 is 0 Å². The molecule has 2 heterocycles. The largest absolute Gasteiger partial charge is 0.383 e. The van der Waals surface area contributed by atoms with Gasteiger partial charge in [-0.05, 0) is 31.2 Å². The monoisotopic (exact) mass is 232 g/mol. The van der Waals surface area contributed by atoms with Crippen LogP contribution in [0.5, 0.6) is 0 Å². The molecule has 2 aromatic rings. The van der Waals surface area contributed by atoms with Crippen LogP contribution in [0.25, 0.3) is 5.69 Å². The molecule has 1 aromatic heterocycles. The molecule has 5 heteroatoms. The van der Waals surface area contributed by atoms with Crippen molar-refractivity contribution < 1.29 is 4.39 Å². The molecular weight excluding hydrogens is 219 g/mol. The lowest BCUT2D eigenvalue weighted by Gasteiger charge is -2.10. The van der Waals surface area contributed by atoms with E-state index in [0.29, 0.717) is 11.5 Å². The Labute approximate surface area is 98.2 Å². The summed E-state index contributed by atoms with van der Waals surface area (Å²) < 4.78 is 14.8. The molecule has 88 valence electrons. The highest BCUT2D eigenvalue weighted by Crippen LogP contribution is 2.23. The van der Waals surface area contributed by atoms with Gasteiger partial charge in [-0.1, -0.05) is 6.07 Å². The number of halogens is 1. The van der Waals surface area contributed by atoms with Gasteiger partial charge in [0, 0.05) is 12.1 Å². The van der Waals surface area contributed by atoms with Crippen molar-refractivity contribution in [3.63, 3.8) is 0 Å². The Morgan fingerprint density at radius 1 is 1.41 bits per heavy atom. The first-order chi connectivity index (χ1) is 8.25. The lowest BCUT2D eigenvalue weighted by atomic mass is 10.1. The number of rotatable bonds is 1. The first-order valence-corrected chi connectivity index (χ1v) is 5.58. The number of anilines is 1. The second-order valence-corrected chi connectivity index (χ2v) is 4.13. The van der Waals surface area contributed by atoms with Crippen molar-refractivity contribution in [2.75, 3.05) is 12.3 Å². The fourth-order valence-corrected chi connectivity index (χ4v) is 2.15. The second kappa shape index (κ2) is 3.85. The number of nitrogen functional groups attached to an aromatic ring is 1. The number of hydrogen-bond donors (Lipinski definition) is 2. The minimum Gasteiger partial charge on any atom is -0.383 e. The highest BCUT2D eigenvalue weighted by atomic mass is 19.1. The van der Waals surface area contributed by atoms with Gasteiger partial charge in [0.05, 0.1) is 11.4 Å². The minimum absolute atomic E-state index is 0.284. The minimum atomic E-state index is -0.284. The van der Waals surface area contributed by atoms with Crippen LogP contribution in [0.2, 0.25) is 0 Å². The standard InChI is InChI=1S/C12H13FN4/c13-8-2-1-3-9(6-8)17-12(14)10-4-5-15-7-11(10)16-17/h1-3,6,15H,4-5,7,14H2. The maximum absolute atomic E-state index is 13.2. The van der Waals surface area contributed by atoms with Crippen molar-refractivity contribution in [3.05, 3.63) is 41.3 Å². The summed E-state index contributed by atoms with van der Waals surface area (Å²) >= 11 is 0. The number of hydrogen-bond acceptors (Lipinski definition) is 3. The maximum atomic E-state index is 13.2. The highest BCUT2D eigenvalue weighted by Gasteiger charge is 2.19. The van der Waals surface area contributed by atoms with Crippen LogP contribution in [0.1, 0.15) is 11.3 Å². The van der Waals surface area contributed by atoms with Crippen molar-refractivity contribution in [1.29, 1.82) is 0 Å². The molecule has 3 rings (SSSR count). The normalized spacial score (nSPS) is 14.6. The summed E-state index contributed by atoms with van der Waals surface area (Å²) in [5.41, 5.74) is 8.75. The zero-order chi connectivity index (χ0) is 11.8. The molecule has 0 saturated carbocycles. The Bertz CT molecular complexity index is 562. The lowest BCUT2D eigenvalue weighted by molar-refractivity contribution is 0.622. The molecule has 0 aliphatic carbocycles.